The molecule has 0 bridgehead atoms. The van der Waals surface area contributed by atoms with Gasteiger partial charge in [-0.3, -0.25) is 0 Å². The first-order valence-electron chi connectivity index (χ1n) is 7.68. The molecule has 1 saturated heterocycles. The van der Waals surface area contributed by atoms with E-state index in [1.165, 1.54) is 0 Å². The molecule has 1 heterocycles. The topological polar surface area (TPSA) is 95.5 Å². The molecule has 0 aliphatic carbocycles. The smallest absolute Gasteiger partial charge is 0.475 e. The highest BCUT2D eigenvalue weighted by molar-refractivity contribution is 7.89. The Bertz CT molecular complexity index is 654. The number of benzene rings is 1. The zero-order valence-electron chi connectivity index (χ0n) is 13.6. The quantitative estimate of drug-likeness (QED) is 0.739. The lowest BCUT2D eigenvalue weighted by Gasteiger charge is -2.23. The Balaban J connectivity index is 0.000000381. The van der Waals surface area contributed by atoms with E-state index in [1.807, 2.05) is 12.1 Å². The van der Waals surface area contributed by atoms with Crippen molar-refractivity contribution in [2.24, 2.45) is 0 Å². The zero-order chi connectivity index (χ0) is 19.1. The molecule has 0 amide bonds. The van der Waals surface area contributed by atoms with Crippen LogP contribution in [0.4, 0.5) is 13.2 Å². The number of hydrogen-bond donors (Lipinski definition) is 3. The third kappa shape index (κ3) is 7.41. The first kappa shape index (κ1) is 21.4. The second-order valence-corrected chi connectivity index (χ2v) is 7.16. The summed E-state index contributed by atoms with van der Waals surface area (Å²) in [5.74, 6) is -2.76. The van der Waals surface area contributed by atoms with Crippen molar-refractivity contribution in [2.45, 2.75) is 43.3 Å². The first-order valence-corrected chi connectivity index (χ1v) is 9.16. The van der Waals surface area contributed by atoms with Gasteiger partial charge in [-0.15, -0.1) is 0 Å². The van der Waals surface area contributed by atoms with E-state index >= 15 is 0 Å². The minimum atomic E-state index is -5.08. The Morgan fingerprint density at radius 1 is 1.24 bits per heavy atom. The van der Waals surface area contributed by atoms with Crippen LogP contribution in [0, 0.1) is 0 Å². The molecular formula is C15H21F3N2O4S. The van der Waals surface area contributed by atoms with Gasteiger partial charge in [0, 0.05) is 6.04 Å². The Morgan fingerprint density at radius 2 is 1.72 bits per heavy atom. The first-order chi connectivity index (χ1) is 11.6. The number of carboxylic acid groups (broad SMARTS) is 1. The maximum atomic E-state index is 12.2. The maximum Gasteiger partial charge on any atom is 0.490 e. The molecule has 1 aromatic rings. The van der Waals surface area contributed by atoms with Gasteiger partial charge in [-0.1, -0.05) is 19.1 Å². The number of carboxylic acids is 1. The molecule has 1 aliphatic rings. The average Bonchev–Trinajstić information content (AvgIpc) is 2.55. The highest BCUT2D eigenvalue weighted by Gasteiger charge is 2.38. The molecule has 0 unspecified atom stereocenters. The minimum Gasteiger partial charge on any atom is -0.475 e. The molecule has 1 aliphatic heterocycles. The van der Waals surface area contributed by atoms with Gasteiger partial charge >= 0.3 is 12.1 Å². The average molecular weight is 382 g/mol. The van der Waals surface area contributed by atoms with Crippen molar-refractivity contribution in [3.63, 3.8) is 0 Å². The lowest BCUT2D eigenvalue weighted by Crippen LogP contribution is -2.42. The fourth-order valence-corrected chi connectivity index (χ4v) is 3.44. The SMILES string of the molecule is CCc1ccc(S(=O)(=O)NC2CCNCC2)cc1.O=C(O)C(F)(F)F. The number of rotatable bonds is 4. The van der Waals surface area contributed by atoms with Crippen LogP contribution in [0.2, 0.25) is 0 Å². The Labute approximate surface area is 144 Å². The van der Waals surface area contributed by atoms with E-state index < -0.39 is 22.2 Å². The number of piperidine rings is 1. The number of carbonyl (C=O) groups is 1. The summed E-state index contributed by atoms with van der Waals surface area (Å²) in [4.78, 5) is 9.26. The molecule has 0 atom stereocenters. The largest absolute Gasteiger partial charge is 0.490 e. The predicted octanol–water partition coefficient (Wildman–Crippen LogP) is 1.91. The van der Waals surface area contributed by atoms with E-state index in [-0.39, 0.29) is 6.04 Å². The van der Waals surface area contributed by atoms with Gasteiger partial charge in [-0.2, -0.15) is 13.2 Å². The third-order valence-corrected chi connectivity index (χ3v) is 5.08. The van der Waals surface area contributed by atoms with E-state index in [4.69, 9.17) is 9.90 Å². The number of hydrogen-bond acceptors (Lipinski definition) is 4. The van der Waals surface area contributed by atoms with Crippen LogP contribution in [-0.4, -0.2) is 44.8 Å². The summed E-state index contributed by atoms with van der Waals surface area (Å²) in [5.41, 5.74) is 1.15. The van der Waals surface area contributed by atoms with Gasteiger partial charge in [0.25, 0.3) is 0 Å². The van der Waals surface area contributed by atoms with Gasteiger partial charge in [0.2, 0.25) is 10.0 Å². The monoisotopic (exact) mass is 382 g/mol. The summed E-state index contributed by atoms with van der Waals surface area (Å²) >= 11 is 0. The number of aliphatic carboxylic acids is 1. The molecule has 6 nitrogen and oxygen atoms in total. The molecule has 10 heteroatoms. The Hall–Kier alpha value is -1.65. The molecule has 0 spiro atoms. The number of halogens is 3. The van der Waals surface area contributed by atoms with Gasteiger partial charge in [0.1, 0.15) is 0 Å². The standard InChI is InChI=1S/C13H20N2O2S.C2HF3O2/c1-2-11-3-5-13(6-4-11)18(16,17)15-12-7-9-14-10-8-12;3-2(4,5)1(6)7/h3-6,12,14-15H,2,7-10H2,1H3;(H,6,7). The van der Waals surface area contributed by atoms with Crippen LogP contribution in [0.15, 0.2) is 29.2 Å². The summed E-state index contributed by atoms with van der Waals surface area (Å²) in [6, 6.07) is 7.17. The maximum absolute atomic E-state index is 12.2. The van der Waals surface area contributed by atoms with Crippen molar-refractivity contribution in [3.05, 3.63) is 29.8 Å². The van der Waals surface area contributed by atoms with Gasteiger partial charge in [0.15, 0.2) is 0 Å². The number of nitrogens with one attached hydrogen (secondary N) is 2. The molecule has 3 N–H and O–H groups in total. The van der Waals surface area contributed by atoms with Crippen LogP contribution in [-0.2, 0) is 21.2 Å². The molecule has 142 valence electrons. The summed E-state index contributed by atoms with van der Waals surface area (Å²) < 4.78 is 58.9. The fourth-order valence-electron chi connectivity index (χ4n) is 2.13. The van der Waals surface area contributed by atoms with Gasteiger partial charge in [-0.05, 0) is 50.0 Å². The zero-order valence-corrected chi connectivity index (χ0v) is 14.5. The van der Waals surface area contributed by atoms with Gasteiger partial charge < -0.3 is 10.4 Å². The van der Waals surface area contributed by atoms with Gasteiger partial charge in [-0.25, -0.2) is 17.9 Å². The molecule has 1 aromatic carbocycles. The van der Waals surface area contributed by atoms with Crippen LogP contribution >= 0.6 is 0 Å². The lowest BCUT2D eigenvalue weighted by atomic mass is 10.1. The van der Waals surface area contributed by atoms with E-state index in [0.717, 1.165) is 37.9 Å². The van der Waals surface area contributed by atoms with E-state index in [0.29, 0.717) is 4.90 Å². The van der Waals surface area contributed by atoms with Crippen molar-refractivity contribution in [3.8, 4) is 0 Å². The second-order valence-electron chi connectivity index (χ2n) is 5.45. The van der Waals surface area contributed by atoms with E-state index in [1.54, 1.807) is 12.1 Å². The van der Waals surface area contributed by atoms with Crippen LogP contribution in [0.3, 0.4) is 0 Å². The second kappa shape index (κ2) is 9.16. The summed E-state index contributed by atoms with van der Waals surface area (Å²) in [6.07, 6.45) is -2.46. The number of sulfonamides is 1. The normalized spacial score (nSPS) is 16.0. The summed E-state index contributed by atoms with van der Waals surface area (Å²) in [7, 11) is -3.36. The summed E-state index contributed by atoms with van der Waals surface area (Å²) in [6.45, 7) is 3.81. The molecule has 1 fully saturated rings. The van der Waals surface area contributed by atoms with Crippen molar-refractivity contribution in [1.82, 2.24) is 10.0 Å². The third-order valence-electron chi connectivity index (χ3n) is 3.55. The number of aryl methyl sites for hydroxylation is 1. The molecule has 2 rings (SSSR count). The predicted molar refractivity (Wildman–Crippen MR) is 85.7 cm³/mol. The Morgan fingerprint density at radius 3 is 2.12 bits per heavy atom. The van der Waals surface area contributed by atoms with Crippen LogP contribution < -0.4 is 10.0 Å². The Kier molecular flexibility index (Phi) is 7.84. The minimum absolute atomic E-state index is 0.0575. The van der Waals surface area contributed by atoms with Crippen LogP contribution in [0.5, 0.6) is 0 Å². The van der Waals surface area contributed by atoms with Crippen molar-refractivity contribution in [2.75, 3.05) is 13.1 Å². The van der Waals surface area contributed by atoms with Crippen molar-refractivity contribution in [1.29, 1.82) is 0 Å². The fraction of sp³-hybridized carbons (Fsp3) is 0.533. The molecule has 0 radical (unpaired) electrons. The highest BCUT2D eigenvalue weighted by atomic mass is 32.2. The number of alkyl halides is 3. The van der Waals surface area contributed by atoms with Crippen molar-refractivity contribution >= 4 is 16.0 Å². The van der Waals surface area contributed by atoms with Gasteiger partial charge in [0.05, 0.1) is 4.90 Å². The molecule has 25 heavy (non-hydrogen) atoms. The van der Waals surface area contributed by atoms with E-state index in [2.05, 4.69) is 17.0 Å². The molecule has 0 aromatic heterocycles. The molecular weight excluding hydrogens is 361 g/mol. The summed E-state index contributed by atoms with van der Waals surface area (Å²) in [5, 5.41) is 10.3. The van der Waals surface area contributed by atoms with Crippen molar-refractivity contribution < 1.29 is 31.5 Å². The van der Waals surface area contributed by atoms with E-state index in [9.17, 15) is 21.6 Å². The highest BCUT2D eigenvalue weighted by Crippen LogP contribution is 2.14. The van der Waals surface area contributed by atoms with Crippen LogP contribution in [0.1, 0.15) is 25.3 Å². The van der Waals surface area contributed by atoms with Crippen LogP contribution in [0.25, 0.3) is 0 Å². The molecule has 0 saturated carbocycles. The lowest BCUT2D eigenvalue weighted by molar-refractivity contribution is -0.192.